The lowest BCUT2D eigenvalue weighted by atomic mass is 9.88. The molecule has 0 amide bonds. The van der Waals surface area contributed by atoms with E-state index in [0.29, 0.717) is 0 Å². The summed E-state index contributed by atoms with van der Waals surface area (Å²) in [7, 11) is -1.99. The molecular formula is C25H28OSi. The molecule has 0 saturated carbocycles. The highest BCUT2D eigenvalue weighted by molar-refractivity contribution is 6.95. The van der Waals surface area contributed by atoms with Crippen LogP contribution in [0.25, 0.3) is 0 Å². The van der Waals surface area contributed by atoms with Gasteiger partial charge in [-0.2, -0.15) is 0 Å². The van der Waals surface area contributed by atoms with E-state index in [-0.39, 0.29) is 5.92 Å². The van der Waals surface area contributed by atoms with Crippen LogP contribution in [-0.2, 0) is 0 Å². The molecule has 0 fully saturated rings. The molecule has 0 aliphatic carbocycles. The van der Waals surface area contributed by atoms with E-state index in [4.69, 9.17) is 0 Å². The van der Waals surface area contributed by atoms with Crippen molar-refractivity contribution in [2.75, 3.05) is 0 Å². The highest BCUT2D eigenvalue weighted by Crippen LogP contribution is 2.39. The zero-order chi connectivity index (χ0) is 19.4. The fourth-order valence-corrected chi connectivity index (χ4v) is 6.12. The maximum atomic E-state index is 11.4. The Kier molecular flexibility index (Phi) is 5.78. The van der Waals surface area contributed by atoms with Crippen LogP contribution in [-0.4, -0.2) is 13.2 Å². The molecule has 0 aliphatic rings. The van der Waals surface area contributed by atoms with E-state index in [1.54, 1.807) is 0 Å². The van der Waals surface area contributed by atoms with Crippen molar-refractivity contribution in [3.8, 4) is 0 Å². The van der Waals surface area contributed by atoms with Crippen LogP contribution in [0.15, 0.2) is 96.7 Å². The summed E-state index contributed by atoms with van der Waals surface area (Å²) in [6, 6.07) is 29.1. The number of benzene rings is 3. The van der Waals surface area contributed by atoms with Crippen LogP contribution in [0.5, 0.6) is 0 Å². The number of aliphatic hydroxyl groups excluding tert-OH is 1. The molecule has 1 nitrogen and oxygen atoms in total. The lowest BCUT2D eigenvalue weighted by molar-refractivity contribution is 0.160. The molecule has 3 rings (SSSR count). The molecule has 0 aromatic heterocycles. The van der Waals surface area contributed by atoms with E-state index >= 15 is 0 Å². The van der Waals surface area contributed by atoms with Crippen LogP contribution in [0, 0.1) is 6.92 Å². The van der Waals surface area contributed by atoms with Crippen LogP contribution in [0.1, 0.15) is 28.7 Å². The number of hydrogen-bond acceptors (Lipinski definition) is 1. The van der Waals surface area contributed by atoms with E-state index in [1.807, 2.05) is 36.4 Å². The van der Waals surface area contributed by atoms with Crippen molar-refractivity contribution in [3.63, 3.8) is 0 Å². The van der Waals surface area contributed by atoms with Gasteiger partial charge in [-0.05, 0) is 18.1 Å². The first-order valence-corrected chi connectivity index (χ1v) is 12.5. The zero-order valence-electron chi connectivity index (χ0n) is 16.4. The second-order valence-electron chi connectivity index (χ2n) is 7.76. The molecule has 0 unspecified atom stereocenters. The largest absolute Gasteiger partial charge is 0.387 e. The smallest absolute Gasteiger partial charge is 0.107 e. The fraction of sp³-hybridized carbons (Fsp3) is 0.200. The highest BCUT2D eigenvalue weighted by Gasteiger charge is 2.36. The predicted molar refractivity (Wildman–Crippen MR) is 118 cm³/mol. The molecule has 0 heterocycles. The van der Waals surface area contributed by atoms with E-state index < -0.39 is 14.2 Å². The van der Waals surface area contributed by atoms with Gasteiger partial charge in [0, 0.05) is 5.92 Å². The minimum Gasteiger partial charge on any atom is -0.387 e. The maximum absolute atomic E-state index is 11.4. The van der Waals surface area contributed by atoms with Gasteiger partial charge >= 0.3 is 0 Å². The summed E-state index contributed by atoms with van der Waals surface area (Å²) in [5, 5.41) is 13.9. The Morgan fingerprint density at radius 2 is 1.30 bits per heavy atom. The van der Waals surface area contributed by atoms with Crippen molar-refractivity contribution in [1.29, 1.82) is 0 Å². The molecule has 0 saturated heterocycles. The molecule has 3 aromatic rings. The summed E-state index contributed by atoms with van der Waals surface area (Å²) >= 11 is 0. The molecule has 0 bridgehead atoms. The molecule has 0 radical (unpaired) electrons. The first-order chi connectivity index (χ1) is 12.9. The van der Waals surface area contributed by atoms with E-state index in [2.05, 4.69) is 75.1 Å². The van der Waals surface area contributed by atoms with Crippen molar-refractivity contribution in [3.05, 3.63) is 113 Å². The molecule has 0 aliphatic heterocycles. The lowest BCUT2D eigenvalue weighted by Gasteiger charge is -2.35. The van der Waals surface area contributed by atoms with Gasteiger partial charge in [0.1, 0.15) is 8.07 Å². The van der Waals surface area contributed by atoms with Crippen LogP contribution in [0.3, 0.4) is 0 Å². The first kappa shape index (κ1) is 19.3. The standard InChI is InChI=1S/C25H28OSi/c1-19-15-17-22(18-16-19)25(26)24(21-11-7-5-8-12-21)20(2)27(3,4)23-13-9-6-10-14-23/h5-18,24-26H,2H2,1,3-4H3/t24-,25+/m0/s1. The normalized spacial score (nSPS) is 13.8. The Labute approximate surface area is 164 Å². The first-order valence-electron chi connectivity index (χ1n) is 9.45. The molecule has 2 heteroatoms. The summed E-state index contributed by atoms with van der Waals surface area (Å²) in [6.45, 7) is 11.3. The minimum absolute atomic E-state index is 0.129. The van der Waals surface area contributed by atoms with Gasteiger partial charge < -0.3 is 5.11 Å². The van der Waals surface area contributed by atoms with E-state index in [1.165, 1.54) is 10.8 Å². The van der Waals surface area contributed by atoms with Crippen LogP contribution < -0.4 is 5.19 Å². The molecule has 1 N–H and O–H groups in total. The van der Waals surface area contributed by atoms with Crippen molar-refractivity contribution in [2.24, 2.45) is 0 Å². The number of aryl methyl sites for hydroxylation is 1. The van der Waals surface area contributed by atoms with Gasteiger partial charge in [-0.1, -0.05) is 114 Å². The summed E-state index contributed by atoms with van der Waals surface area (Å²) < 4.78 is 0. The van der Waals surface area contributed by atoms with Crippen LogP contribution >= 0.6 is 0 Å². The highest BCUT2D eigenvalue weighted by atomic mass is 28.3. The topological polar surface area (TPSA) is 20.2 Å². The molecule has 3 aromatic carbocycles. The molecule has 0 spiro atoms. The van der Waals surface area contributed by atoms with Crippen molar-refractivity contribution in [2.45, 2.75) is 32.0 Å². The maximum Gasteiger partial charge on any atom is 0.107 e. The van der Waals surface area contributed by atoms with E-state index in [0.717, 1.165) is 16.3 Å². The minimum atomic E-state index is -1.99. The molecular weight excluding hydrogens is 344 g/mol. The van der Waals surface area contributed by atoms with Gasteiger partial charge in [-0.3, -0.25) is 0 Å². The summed E-state index contributed by atoms with van der Waals surface area (Å²) in [5.41, 5.74) is 3.25. The fourth-order valence-electron chi connectivity index (χ4n) is 3.62. The number of aliphatic hydroxyl groups is 1. The number of hydrogen-bond donors (Lipinski definition) is 1. The molecule has 138 valence electrons. The SMILES string of the molecule is C=C([C@@H](c1ccccc1)[C@H](O)c1ccc(C)cc1)[Si](C)(C)c1ccccc1. The summed E-state index contributed by atoms with van der Waals surface area (Å²) in [6.07, 6.45) is -0.615. The molecule has 2 atom stereocenters. The quantitative estimate of drug-likeness (QED) is 0.565. The Morgan fingerprint density at radius 3 is 1.85 bits per heavy atom. The monoisotopic (exact) mass is 372 g/mol. The van der Waals surface area contributed by atoms with Gasteiger partial charge in [-0.15, -0.1) is 6.58 Å². The predicted octanol–water partition coefficient (Wildman–Crippen LogP) is 5.52. The molecule has 27 heavy (non-hydrogen) atoms. The van der Waals surface area contributed by atoms with Gasteiger partial charge in [0.25, 0.3) is 0 Å². The Bertz CT molecular complexity index is 883. The average molecular weight is 373 g/mol. The zero-order valence-corrected chi connectivity index (χ0v) is 17.4. The van der Waals surface area contributed by atoms with E-state index in [9.17, 15) is 5.11 Å². The van der Waals surface area contributed by atoms with Crippen LogP contribution in [0.2, 0.25) is 13.1 Å². The Morgan fingerprint density at radius 1 is 0.778 bits per heavy atom. The lowest BCUT2D eigenvalue weighted by Crippen LogP contribution is -2.46. The van der Waals surface area contributed by atoms with Crippen molar-refractivity contribution >= 4 is 13.3 Å². The van der Waals surface area contributed by atoms with Gasteiger partial charge in [-0.25, -0.2) is 0 Å². The Hall–Kier alpha value is -2.42. The third-order valence-corrected chi connectivity index (χ3v) is 9.26. The number of rotatable bonds is 6. The third kappa shape index (κ3) is 4.13. The van der Waals surface area contributed by atoms with Crippen molar-refractivity contribution < 1.29 is 5.11 Å². The summed E-state index contributed by atoms with van der Waals surface area (Å²) in [5.74, 6) is -0.129. The third-order valence-electron chi connectivity index (χ3n) is 5.57. The second-order valence-corrected chi connectivity index (χ2v) is 12.2. The van der Waals surface area contributed by atoms with Gasteiger partial charge in [0.2, 0.25) is 0 Å². The average Bonchev–Trinajstić information content (AvgIpc) is 2.70. The van der Waals surface area contributed by atoms with Crippen molar-refractivity contribution in [1.82, 2.24) is 0 Å². The van der Waals surface area contributed by atoms with Gasteiger partial charge in [0.05, 0.1) is 6.10 Å². The Balaban J connectivity index is 2.05. The van der Waals surface area contributed by atoms with Gasteiger partial charge in [0.15, 0.2) is 0 Å². The summed E-state index contributed by atoms with van der Waals surface area (Å²) in [4.78, 5) is 0. The van der Waals surface area contributed by atoms with Crippen LogP contribution in [0.4, 0.5) is 0 Å². The second kappa shape index (κ2) is 8.08.